The van der Waals surface area contributed by atoms with Crippen LogP contribution in [-0.4, -0.2) is 29.1 Å². The van der Waals surface area contributed by atoms with Crippen LogP contribution >= 0.6 is 0 Å². The summed E-state index contributed by atoms with van der Waals surface area (Å²) in [5.41, 5.74) is 7.29. The van der Waals surface area contributed by atoms with Gasteiger partial charge >= 0.3 is 0 Å². The highest BCUT2D eigenvalue weighted by molar-refractivity contribution is 6.05. The molecule has 0 saturated carbocycles. The van der Waals surface area contributed by atoms with Crippen LogP contribution in [0.1, 0.15) is 35.2 Å². The van der Waals surface area contributed by atoms with E-state index in [1.807, 2.05) is 57.3 Å². The third-order valence-corrected chi connectivity index (χ3v) is 4.66. The van der Waals surface area contributed by atoms with E-state index in [0.29, 0.717) is 12.3 Å². The van der Waals surface area contributed by atoms with Crippen molar-refractivity contribution in [2.75, 3.05) is 6.54 Å². The molecule has 0 bridgehead atoms. The van der Waals surface area contributed by atoms with Crippen molar-refractivity contribution < 1.29 is 9.59 Å². The van der Waals surface area contributed by atoms with Crippen molar-refractivity contribution in [2.24, 2.45) is 11.0 Å². The Morgan fingerprint density at radius 2 is 1.96 bits per heavy atom. The number of nitrogens with zero attached hydrogens (tertiary/aromatic N) is 1. The molecular weight excluding hydrogens is 316 g/mol. The summed E-state index contributed by atoms with van der Waals surface area (Å²) in [6.07, 6.45) is 1.90. The Balaban J connectivity index is 1.77. The van der Waals surface area contributed by atoms with E-state index in [4.69, 9.17) is 0 Å². The van der Waals surface area contributed by atoms with Gasteiger partial charge in [-0.05, 0) is 31.9 Å². The summed E-state index contributed by atoms with van der Waals surface area (Å²) in [5.74, 6) is -1.59. The predicted molar refractivity (Wildman–Crippen MR) is 96.3 cm³/mol. The number of carbonyl (C=O) groups is 2. The number of carbonyl (C=O) groups excluding carboxylic acids is 2. The van der Waals surface area contributed by atoms with Crippen molar-refractivity contribution in [2.45, 2.75) is 26.7 Å². The van der Waals surface area contributed by atoms with E-state index in [2.05, 4.69) is 20.8 Å². The number of amides is 2. The minimum absolute atomic E-state index is 0.181. The number of H-pyrrole nitrogens is 1. The predicted octanol–water partition coefficient (Wildman–Crippen LogP) is 2.00. The minimum atomic E-state index is -0.771. The number of nitrogens with one attached hydrogen (secondary N) is 3. The number of aryl methyl sites for hydroxylation is 2. The molecule has 0 aliphatic carbocycles. The second kappa shape index (κ2) is 6.93. The zero-order valence-corrected chi connectivity index (χ0v) is 14.6. The Kier molecular flexibility index (Phi) is 4.70. The number of aromatic amines is 1. The minimum Gasteiger partial charge on any atom is -0.364 e. The second-order valence-electron chi connectivity index (χ2n) is 6.38. The van der Waals surface area contributed by atoms with Crippen molar-refractivity contribution in [1.82, 2.24) is 15.7 Å². The van der Waals surface area contributed by atoms with Crippen molar-refractivity contribution in [3.05, 3.63) is 58.9 Å². The van der Waals surface area contributed by atoms with Gasteiger partial charge in [-0.2, -0.15) is 5.10 Å². The number of aromatic nitrogens is 1. The molecule has 130 valence electrons. The van der Waals surface area contributed by atoms with Crippen LogP contribution in [0.5, 0.6) is 0 Å². The highest BCUT2D eigenvalue weighted by Crippen LogP contribution is 2.29. The molecule has 1 aromatic carbocycles. The molecule has 2 heterocycles. The van der Waals surface area contributed by atoms with Gasteiger partial charge in [0, 0.05) is 29.9 Å². The van der Waals surface area contributed by atoms with Gasteiger partial charge in [-0.1, -0.05) is 30.3 Å². The molecule has 3 rings (SSSR count). The molecule has 0 radical (unpaired) electrons. The van der Waals surface area contributed by atoms with Crippen molar-refractivity contribution >= 4 is 17.5 Å². The van der Waals surface area contributed by atoms with E-state index in [1.165, 1.54) is 0 Å². The first-order valence-electron chi connectivity index (χ1n) is 8.30. The Morgan fingerprint density at radius 1 is 1.24 bits per heavy atom. The molecule has 2 atom stereocenters. The average Bonchev–Trinajstić information content (AvgIpc) is 3.15. The Bertz CT molecular complexity index is 804. The number of rotatable bonds is 4. The second-order valence-corrected chi connectivity index (χ2v) is 6.38. The fraction of sp³-hybridized carbons (Fsp3) is 0.316. The molecule has 1 aliphatic heterocycles. The summed E-state index contributed by atoms with van der Waals surface area (Å²) in [5, 5.41) is 6.99. The normalized spacial score (nSPS) is 20.4. The van der Waals surface area contributed by atoms with Crippen LogP contribution in [0.3, 0.4) is 0 Å². The van der Waals surface area contributed by atoms with E-state index in [9.17, 15) is 9.59 Å². The highest BCUT2D eigenvalue weighted by atomic mass is 16.2. The SMILES string of the molecule is C/C(=N/NC(=O)C1C(=O)NCC1c1ccccc1)c1c(C)c[nH]c1C. The fourth-order valence-corrected chi connectivity index (χ4v) is 3.41. The maximum absolute atomic E-state index is 12.6. The van der Waals surface area contributed by atoms with Crippen LogP contribution in [-0.2, 0) is 9.59 Å². The van der Waals surface area contributed by atoms with Crippen LogP contribution in [0.15, 0.2) is 41.6 Å². The molecule has 1 aromatic heterocycles. The molecule has 1 aliphatic rings. The quantitative estimate of drug-likeness (QED) is 0.452. The van der Waals surface area contributed by atoms with Gasteiger partial charge in [0.05, 0.1) is 5.71 Å². The zero-order chi connectivity index (χ0) is 18.0. The van der Waals surface area contributed by atoms with Crippen molar-refractivity contribution in [1.29, 1.82) is 0 Å². The first-order valence-corrected chi connectivity index (χ1v) is 8.30. The molecule has 2 unspecified atom stereocenters. The van der Waals surface area contributed by atoms with Crippen LogP contribution in [0.4, 0.5) is 0 Å². The van der Waals surface area contributed by atoms with Gasteiger partial charge in [0.2, 0.25) is 5.91 Å². The molecule has 1 saturated heterocycles. The van der Waals surface area contributed by atoms with Gasteiger partial charge in [0.25, 0.3) is 5.91 Å². The zero-order valence-electron chi connectivity index (χ0n) is 14.6. The summed E-state index contributed by atoms with van der Waals surface area (Å²) in [6, 6.07) is 9.61. The third-order valence-electron chi connectivity index (χ3n) is 4.66. The summed E-state index contributed by atoms with van der Waals surface area (Å²) in [6.45, 7) is 6.24. The smallest absolute Gasteiger partial charge is 0.253 e. The fourth-order valence-electron chi connectivity index (χ4n) is 3.41. The maximum atomic E-state index is 12.6. The summed E-state index contributed by atoms with van der Waals surface area (Å²) >= 11 is 0. The Labute approximate surface area is 146 Å². The van der Waals surface area contributed by atoms with Crippen LogP contribution in [0.2, 0.25) is 0 Å². The lowest BCUT2D eigenvalue weighted by atomic mass is 9.88. The molecule has 6 nitrogen and oxygen atoms in total. The lowest BCUT2D eigenvalue weighted by molar-refractivity contribution is -0.133. The average molecular weight is 338 g/mol. The molecule has 1 fully saturated rings. The van der Waals surface area contributed by atoms with Gasteiger partial charge < -0.3 is 10.3 Å². The summed E-state index contributed by atoms with van der Waals surface area (Å²) < 4.78 is 0. The lowest BCUT2D eigenvalue weighted by Gasteiger charge is -2.15. The topological polar surface area (TPSA) is 86.3 Å². The summed E-state index contributed by atoms with van der Waals surface area (Å²) in [7, 11) is 0. The van der Waals surface area contributed by atoms with E-state index in [-0.39, 0.29) is 17.7 Å². The standard InChI is InChI=1S/C19H22N4O2/c1-11-9-20-12(2)16(11)13(3)22-23-19(25)17-15(10-21-18(17)24)14-7-5-4-6-8-14/h4-9,15,17,20H,10H2,1-3H3,(H,21,24)(H,23,25)/b22-13-. The molecule has 25 heavy (non-hydrogen) atoms. The van der Waals surface area contributed by atoms with Gasteiger partial charge in [0.1, 0.15) is 5.92 Å². The summed E-state index contributed by atoms with van der Waals surface area (Å²) in [4.78, 5) is 27.9. The molecule has 3 N–H and O–H groups in total. The van der Waals surface area contributed by atoms with Gasteiger partial charge in [0.15, 0.2) is 0 Å². The van der Waals surface area contributed by atoms with E-state index in [0.717, 1.165) is 22.4 Å². The van der Waals surface area contributed by atoms with E-state index >= 15 is 0 Å². The monoisotopic (exact) mass is 338 g/mol. The molecule has 0 spiro atoms. The third kappa shape index (κ3) is 3.33. The van der Waals surface area contributed by atoms with Crippen LogP contribution in [0, 0.1) is 19.8 Å². The maximum Gasteiger partial charge on any atom is 0.253 e. The number of benzene rings is 1. The molecular formula is C19H22N4O2. The Morgan fingerprint density at radius 3 is 2.60 bits per heavy atom. The highest BCUT2D eigenvalue weighted by Gasteiger charge is 2.41. The molecule has 2 aromatic rings. The van der Waals surface area contributed by atoms with Gasteiger partial charge in [-0.25, -0.2) is 5.43 Å². The van der Waals surface area contributed by atoms with Crippen LogP contribution in [0.25, 0.3) is 0 Å². The van der Waals surface area contributed by atoms with Crippen molar-refractivity contribution in [3.63, 3.8) is 0 Å². The number of hydrogen-bond acceptors (Lipinski definition) is 3. The Hall–Kier alpha value is -2.89. The lowest BCUT2D eigenvalue weighted by Crippen LogP contribution is -2.35. The van der Waals surface area contributed by atoms with Gasteiger partial charge in [-0.3, -0.25) is 9.59 Å². The van der Waals surface area contributed by atoms with Crippen LogP contribution < -0.4 is 10.7 Å². The molecule has 6 heteroatoms. The van der Waals surface area contributed by atoms with Crippen molar-refractivity contribution in [3.8, 4) is 0 Å². The van der Waals surface area contributed by atoms with E-state index in [1.54, 1.807) is 0 Å². The number of hydrogen-bond donors (Lipinski definition) is 3. The number of hydrazone groups is 1. The first-order chi connectivity index (χ1) is 12.0. The molecule has 2 amide bonds. The van der Waals surface area contributed by atoms with Gasteiger partial charge in [-0.15, -0.1) is 0 Å². The largest absolute Gasteiger partial charge is 0.364 e. The van der Waals surface area contributed by atoms with E-state index < -0.39 is 5.92 Å². The first kappa shape index (κ1) is 17.0.